The molecular weight excluding hydrogens is 354 g/mol. The second-order valence-corrected chi connectivity index (χ2v) is 7.45. The molecule has 1 aromatic carbocycles. The van der Waals surface area contributed by atoms with Crippen LogP contribution in [0.5, 0.6) is 0 Å². The van der Waals surface area contributed by atoms with Gasteiger partial charge in [-0.1, -0.05) is 30.0 Å². The zero-order chi connectivity index (χ0) is 17.4. The molecule has 1 amide bonds. The van der Waals surface area contributed by atoms with Crippen LogP contribution in [0.15, 0.2) is 40.9 Å². The summed E-state index contributed by atoms with van der Waals surface area (Å²) < 4.78 is 1.99. The first kappa shape index (κ1) is 16.0. The zero-order valence-corrected chi connectivity index (χ0v) is 15.3. The number of amides is 1. The lowest BCUT2D eigenvalue weighted by molar-refractivity contribution is -0.113. The highest BCUT2D eigenvalue weighted by Gasteiger charge is 2.13. The highest BCUT2D eigenvalue weighted by Crippen LogP contribution is 2.25. The average Bonchev–Trinajstić information content (AvgIpc) is 3.19. The standard InChI is InChI=1S/C17H15N5OS2/c1-10-7-14-20-21-17(22(14)13-6-4-3-5-12(10)13)25-9-15(23)19-16-18-11(2)8-24-16/h3-8H,9H2,1-2H3,(H,18,19,23). The molecule has 3 heterocycles. The summed E-state index contributed by atoms with van der Waals surface area (Å²) in [7, 11) is 0. The lowest BCUT2D eigenvalue weighted by atomic mass is 10.1. The number of carbonyl (C=O) groups excluding carboxylic acids is 1. The van der Waals surface area contributed by atoms with Gasteiger partial charge in [-0.25, -0.2) is 4.98 Å². The van der Waals surface area contributed by atoms with Crippen LogP contribution < -0.4 is 5.32 Å². The Morgan fingerprint density at radius 1 is 1.28 bits per heavy atom. The van der Waals surface area contributed by atoms with Gasteiger partial charge >= 0.3 is 0 Å². The van der Waals surface area contributed by atoms with Gasteiger partial charge in [-0.2, -0.15) is 0 Å². The number of fused-ring (bicyclic) bond motifs is 3. The van der Waals surface area contributed by atoms with Gasteiger partial charge in [0.05, 0.1) is 17.0 Å². The van der Waals surface area contributed by atoms with Crippen molar-refractivity contribution in [3.8, 4) is 0 Å². The summed E-state index contributed by atoms with van der Waals surface area (Å²) in [4.78, 5) is 16.4. The van der Waals surface area contributed by atoms with Crippen LogP contribution in [0.3, 0.4) is 0 Å². The number of pyridine rings is 1. The van der Waals surface area contributed by atoms with Gasteiger partial charge in [-0.05, 0) is 31.5 Å². The van der Waals surface area contributed by atoms with Crippen LogP contribution in [-0.4, -0.2) is 31.2 Å². The van der Waals surface area contributed by atoms with Gasteiger partial charge in [0.25, 0.3) is 0 Å². The molecule has 0 bridgehead atoms. The molecule has 1 N–H and O–H groups in total. The molecule has 0 aliphatic rings. The molecule has 0 fully saturated rings. The fourth-order valence-electron chi connectivity index (χ4n) is 2.67. The first-order valence-corrected chi connectivity index (χ1v) is 9.56. The molecule has 0 aliphatic carbocycles. The number of aryl methyl sites for hydroxylation is 2. The number of carbonyl (C=O) groups is 1. The summed E-state index contributed by atoms with van der Waals surface area (Å²) in [6.07, 6.45) is 0. The van der Waals surface area contributed by atoms with E-state index < -0.39 is 0 Å². The number of nitrogens with zero attached hydrogens (tertiary/aromatic N) is 4. The van der Waals surface area contributed by atoms with Crippen molar-refractivity contribution in [1.82, 2.24) is 19.6 Å². The molecule has 4 aromatic rings. The normalized spacial score (nSPS) is 11.3. The van der Waals surface area contributed by atoms with E-state index in [-0.39, 0.29) is 11.7 Å². The van der Waals surface area contributed by atoms with Crippen LogP contribution in [0, 0.1) is 13.8 Å². The molecular formula is C17H15N5OS2. The van der Waals surface area contributed by atoms with Crippen molar-refractivity contribution in [1.29, 1.82) is 0 Å². The highest BCUT2D eigenvalue weighted by atomic mass is 32.2. The maximum Gasteiger partial charge on any atom is 0.236 e. The summed E-state index contributed by atoms with van der Waals surface area (Å²) in [5, 5.41) is 15.7. The third-order valence-electron chi connectivity index (χ3n) is 3.77. The molecule has 0 unspecified atom stereocenters. The SMILES string of the molecule is Cc1csc(NC(=O)CSc2nnc3cc(C)c4ccccc4n23)n1. The number of thiazole rings is 1. The molecule has 0 spiro atoms. The Morgan fingerprint density at radius 2 is 2.12 bits per heavy atom. The number of anilines is 1. The fourth-order valence-corrected chi connectivity index (χ4v) is 4.12. The van der Waals surface area contributed by atoms with Gasteiger partial charge in [0, 0.05) is 10.8 Å². The highest BCUT2D eigenvalue weighted by molar-refractivity contribution is 7.99. The molecule has 0 saturated heterocycles. The second-order valence-electron chi connectivity index (χ2n) is 5.65. The quantitative estimate of drug-likeness (QED) is 0.556. The predicted octanol–water partition coefficient (Wildman–Crippen LogP) is 3.69. The Kier molecular flexibility index (Phi) is 4.14. The largest absolute Gasteiger partial charge is 0.301 e. The van der Waals surface area contributed by atoms with Crippen LogP contribution in [0.1, 0.15) is 11.3 Å². The van der Waals surface area contributed by atoms with E-state index in [0.29, 0.717) is 10.3 Å². The topological polar surface area (TPSA) is 72.2 Å². The Labute approximate surface area is 152 Å². The number of hydrogen-bond donors (Lipinski definition) is 1. The molecule has 0 atom stereocenters. The van der Waals surface area contributed by atoms with Crippen molar-refractivity contribution in [2.45, 2.75) is 19.0 Å². The van der Waals surface area contributed by atoms with Crippen LogP contribution in [-0.2, 0) is 4.79 Å². The van der Waals surface area contributed by atoms with Crippen LogP contribution in [0.2, 0.25) is 0 Å². The van der Waals surface area contributed by atoms with Crippen LogP contribution >= 0.6 is 23.1 Å². The maximum absolute atomic E-state index is 12.1. The van der Waals surface area contributed by atoms with Crippen molar-refractivity contribution in [2.75, 3.05) is 11.1 Å². The minimum Gasteiger partial charge on any atom is -0.301 e. The number of aromatic nitrogens is 4. The van der Waals surface area contributed by atoms with E-state index in [1.807, 2.05) is 41.0 Å². The minimum atomic E-state index is -0.104. The lowest BCUT2D eigenvalue weighted by Gasteiger charge is -2.07. The monoisotopic (exact) mass is 369 g/mol. The number of thioether (sulfide) groups is 1. The van der Waals surface area contributed by atoms with Crippen LogP contribution in [0.25, 0.3) is 16.6 Å². The number of hydrogen-bond acceptors (Lipinski definition) is 6. The molecule has 0 radical (unpaired) electrons. The molecule has 6 nitrogen and oxygen atoms in total. The van der Waals surface area contributed by atoms with Crippen molar-refractivity contribution in [3.05, 3.63) is 47.0 Å². The van der Waals surface area contributed by atoms with Gasteiger partial charge in [0.2, 0.25) is 5.91 Å². The molecule has 0 aliphatic heterocycles. The van der Waals surface area contributed by atoms with Gasteiger partial charge in [-0.3, -0.25) is 9.20 Å². The van der Waals surface area contributed by atoms with Gasteiger partial charge in [0.15, 0.2) is 15.9 Å². The number of rotatable bonds is 4. The van der Waals surface area contributed by atoms with E-state index in [4.69, 9.17) is 0 Å². The Hall–Kier alpha value is -2.45. The summed E-state index contributed by atoms with van der Waals surface area (Å²) >= 11 is 2.79. The molecule has 25 heavy (non-hydrogen) atoms. The molecule has 126 valence electrons. The van der Waals surface area contributed by atoms with E-state index in [0.717, 1.165) is 27.8 Å². The number of benzene rings is 1. The first-order valence-electron chi connectivity index (χ1n) is 7.70. The summed E-state index contributed by atoms with van der Waals surface area (Å²) in [5.74, 6) is 0.147. The third kappa shape index (κ3) is 3.10. The lowest BCUT2D eigenvalue weighted by Crippen LogP contribution is -2.14. The zero-order valence-electron chi connectivity index (χ0n) is 13.7. The van der Waals surface area contributed by atoms with E-state index in [2.05, 4.69) is 33.5 Å². The Morgan fingerprint density at radius 3 is 2.92 bits per heavy atom. The van der Waals surface area contributed by atoms with Crippen molar-refractivity contribution >= 4 is 50.7 Å². The molecule has 3 aromatic heterocycles. The third-order valence-corrected chi connectivity index (χ3v) is 5.58. The maximum atomic E-state index is 12.1. The minimum absolute atomic E-state index is 0.104. The van der Waals surface area contributed by atoms with E-state index in [9.17, 15) is 4.79 Å². The fraction of sp³-hybridized carbons (Fsp3) is 0.176. The summed E-state index contributed by atoms with van der Waals surface area (Å²) in [6.45, 7) is 3.96. The first-order chi connectivity index (χ1) is 12.1. The van der Waals surface area contributed by atoms with Crippen molar-refractivity contribution in [2.24, 2.45) is 0 Å². The molecule has 4 rings (SSSR count). The smallest absolute Gasteiger partial charge is 0.236 e. The molecule has 0 saturated carbocycles. The van der Waals surface area contributed by atoms with Gasteiger partial charge in [-0.15, -0.1) is 21.5 Å². The second kappa shape index (κ2) is 6.45. The van der Waals surface area contributed by atoms with Gasteiger partial charge in [0.1, 0.15) is 0 Å². The number of para-hydroxylation sites is 1. The van der Waals surface area contributed by atoms with E-state index >= 15 is 0 Å². The van der Waals surface area contributed by atoms with Crippen molar-refractivity contribution < 1.29 is 4.79 Å². The predicted molar refractivity (Wildman–Crippen MR) is 101 cm³/mol. The summed E-state index contributed by atoms with van der Waals surface area (Å²) in [6, 6.07) is 10.1. The Bertz CT molecular complexity index is 1090. The van der Waals surface area contributed by atoms with Gasteiger partial charge < -0.3 is 5.32 Å². The van der Waals surface area contributed by atoms with Crippen LogP contribution in [0.4, 0.5) is 5.13 Å². The molecule has 8 heteroatoms. The average molecular weight is 369 g/mol. The van der Waals surface area contributed by atoms with E-state index in [1.165, 1.54) is 23.1 Å². The Balaban J connectivity index is 1.59. The summed E-state index contributed by atoms with van der Waals surface area (Å²) in [5.41, 5.74) is 3.89. The number of nitrogens with one attached hydrogen (secondary N) is 1. The van der Waals surface area contributed by atoms with Crippen molar-refractivity contribution in [3.63, 3.8) is 0 Å². The van der Waals surface area contributed by atoms with E-state index in [1.54, 1.807) is 0 Å².